The van der Waals surface area contributed by atoms with Crippen LogP contribution >= 0.6 is 0 Å². The van der Waals surface area contributed by atoms with Gasteiger partial charge in [0.1, 0.15) is 6.26 Å². The molecule has 0 saturated carbocycles. The monoisotopic (exact) mass is 327 g/mol. The van der Waals surface area contributed by atoms with Crippen LogP contribution in [0.25, 0.3) is 0 Å². The van der Waals surface area contributed by atoms with E-state index in [9.17, 15) is 9.90 Å². The van der Waals surface area contributed by atoms with Gasteiger partial charge in [-0.05, 0) is 30.4 Å². The molecule has 1 unspecified atom stereocenters. The summed E-state index contributed by atoms with van der Waals surface area (Å²) in [5, 5.41) is 12.6. The van der Waals surface area contributed by atoms with Crippen molar-refractivity contribution in [2.24, 2.45) is 0 Å². The van der Waals surface area contributed by atoms with Crippen LogP contribution in [0.15, 0.2) is 34.9 Å². The van der Waals surface area contributed by atoms with Gasteiger partial charge in [0.2, 0.25) is 5.89 Å². The first-order valence-corrected chi connectivity index (χ1v) is 8.40. The zero-order valence-corrected chi connectivity index (χ0v) is 13.4. The van der Waals surface area contributed by atoms with Crippen molar-refractivity contribution in [3.63, 3.8) is 0 Å². The molecule has 2 N–H and O–H groups in total. The number of oxazole rings is 1. The summed E-state index contributed by atoms with van der Waals surface area (Å²) in [4.78, 5) is 18.7. The van der Waals surface area contributed by atoms with E-state index in [1.54, 1.807) is 0 Å². The Morgan fingerprint density at radius 2 is 2.08 bits per heavy atom. The number of aliphatic hydroxyl groups is 1. The second kappa shape index (κ2) is 6.37. The van der Waals surface area contributed by atoms with Gasteiger partial charge in [-0.15, -0.1) is 0 Å². The predicted octanol–water partition coefficient (Wildman–Crippen LogP) is 1.14. The molecule has 1 saturated heterocycles. The Hall–Kier alpha value is -2.18. The summed E-state index contributed by atoms with van der Waals surface area (Å²) in [6, 6.07) is 8.40. The zero-order chi connectivity index (χ0) is 16.5. The third kappa shape index (κ3) is 3.20. The molecule has 1 fully saturated rings. The van der Waals surface area contributed by atoms with Gasteiger partial charge in [-0.2, -0.15) is 0 Å². The summed E-state index contributed by atoms with van der Waals surface area (Å²) in [5.74, 6) is 0.327. The lowest BCUT2D eigenvalue weighted by Gasteiger charge is -2.11. The molecule has 1 atom stereocenters. The molecule has 6 heteroatoms. The minimum Gasteiger partial charge on any atom is -0.447 e. The van der Waals surface area contributed by atoms with E-state index >= 15 is 0 Å². The number of amides is 1. The maximum absolute atomic E-state index is 12.4. The van der Waals surface area contributed by atoms with Crippen molar-refractivity contribution in [1.82, 2.24) is 15.2 Å². The second-order valence-electron chi connectivity index (χ2n) is 6.65. The summed E-state index contributed by atoms with van der Waals surface area (Å²) in [6.45, 7) is 1.98. The van der Waals surface area contributed by atoms with Crippen LogP contribution in [0.2, 0.25) is 0 Å². The van der Waals surface area contributed by atoms with E-state index in [1.807, 2.05) is 12.1 Å². The average molecular weight is 327 g/mol. The van der Waals surface area contributed by atoms with E-state index < -0.39 is 0 Å². The highest BCUT2D eigenvalue weighted by molar-refractivity contribution is 5.92. The third-order valence-corrected chi connectivity index (χ3v) is 4.78. The molecule has 2 heterocycles. The average Bonchev–Trinajstić information content (AvgIpc) is 3.27. The number of likely N-dealkylation sites (tertiary alicyclic amines) is 1. The standard InChI is InChI=1S/C18H21N3O3/c22-15-5-6-21(9-15)10-17-20-16(11-24-17)18(23)19-14-7-12-3-1-2-4-13(12)8-14/h1-4,11,14-15,22H,5-10H2,(H,19,23). The number of nitrogens with one attached hydrogen (secondary N) is 1. The van der Waals surface area contributed by atoms with Gasteiger partial charge < -0.3 is 14.8 Å². The number of aromatic nitrogens is 1. The van der Waals surface area contributed by atoms with Crippen LogP contribution in [0.3, 0.4) is 0 Å². The van der Waals surface area contributed by atoms with Crippen LogP contribution in [0.4, 0.5) is 0 Å². The highest BCUT2D eigenvalue weighted by Crippen LogP contribution is 2.22. The van der Waals surface area contributed by atoms with Gasteiger partial charge >= 0.3 is 0 Å². The quantitative estimate of drug-likeness (QED) is 0.880. The van der Waals surface area contributed by atoms with E-state index in [0.29, 0.717) is 24.7 Å². The number of carbonyl (C=O) groups excluding carboxylic acids is 1. The molecule has 2 aliphatic rings. The molecule has 6 nitrogen and oxygen atoms in total. The number of carbonyl (C=O) groups is 1. The van der Waals surface area contributed by atoms with Crippen molar-refractivity contribution in [2.45, 2.75) is 38.0 Å². The smallest absolute Gasteiger partial charge is 0.273 e. The number of fused-ring (bicyclic) bond motifs is 1. The summed E-state index contributed by atoms with van der Waals surface area (Å²) < 4.78 is 5.41. The van der Waals surface area contributed by atoms with Gasteiger partial charge in [0, 0.05) is 19.1 Å². The fraction of sp³-hybridized carbons (Fsp3) is 0.444. The minimum absolute atomic E-state index is 0.115. The predicted molar refractivity (Wildman–Crippen MR) is 87.5 cm³/mol. The van der Waals surface area contributed by atoms with Crippen molar-refractivity contribution < 1.29 is 14.3 Å². The minimum atomic E-state index is -0.272. The molecular formula is C18H21N3O3. The number of hydrogen-bond acceptors (Lipinski definition) is 5. The first-order valence-electron chi connectivity index (χ1n) is 8.40. The SMILES string of the molecule is O=C(NC1Cc2ccccc2C1)c1coc(CN2CCC(O)C2)n1. The zero-order valence-electron chi connectivity index (χ0n) is 13.4. The fourth-order valence-electron chi connectivity index (χ4n) is 3.56. The lowest BCUT2D eigenvalue weighted by atomic mass is 10.1. The number of benzene rings is 1. The summed E-state index contributed by atoms with van der Waals surface area (Å²) >= 11 is 0. The van der Waals surface area contributed by atoms with Gasteiger partial charge in [-0.25, -0.2) is 4.98 Å². The molecular weight excluding hydrogens is 306 g/mol. The van der Waals surface area contributed by atoms with E-state index in [-0.39, 0.29) is 18.1 Å². The summed E-state index contributed by atoms with van der Waals surface area (Å²) in [6.07, 6.45) is 3.64. The van der Waals surface area contributed by atoms with Gasteiger partial charge in [0.15, 0.2) is 5.69 Å². The Morgan fingerprint density at radius 3 is 2.75 bits per heavy atom. The summed E-state index contributed by atoms with van der Waals surface area (Å²) in [5.41, 5.74) is 2.92. The van der Waals surface area contributed by atoms with Crippen molar-refractivity contribution in [3.8, 4) is 0 Å². The molecule has 0 spiro atoms. The fourth-order valence-corrected chi connectivity index (χ4v) is 3.56. The van der Waals surface area contributed by atoms with E-state index in [4.69, 9.17) is 4.42 Å². The molecule has 1 aliphatic carbocycles. The second-order valence-corrected chi connectivity index (χ2v) is 6.65. The van der Waals surface area contributed by atoms with Gasteiger partial charge in [-0.1, -0.05) is 24.3 Å². The normalized spacial score (nSPS) is 21.1. The van der Waals surface area contributed by atoms with Gasteiger partial charge in [0.25, 0.3) is 5.91 Å². The Morgan fingerprint density at radius 1 is 1.33 bits per heavy atom. The van der Waals surface area contributed by atoms with Crippen LogP contribution in [0, 0.1) is 0 Å². The molecule has 2 aromatic rings. The van der Waals surface area contributed by atoms with Crippen LogP contribution in [-0.4, -0.2) is 46.1 Å². The third-order valence-electron chi connectivity index (χ3n) is 4.78. The number of hydrogen-bond donors (Lipinski definition) is 2. The molecule has 0 radical (unpaired) electrons. The number of rotatable bonds is 4. The van der Waals surface area contributed by atoms with E-state index in [0.717, 1.165) is 25.8 Å². The molecule has 0 bridgehead atoms. The topological polar surface area (TPSA) is 78.6 Å². The van der Waals surface area contributed by atoms with Crippen LogP contribution in [0.1, 0.15) is 33.9 Å². The Balaban J connectivity index is 1.34. The molecule has 1 aliphatic heterocycles. The van der Waals surface area contributed by atoms with Crippen molar-refractivity contribution in [2.75, 3.05) is 13.1 Å². The maximum atomic E-state index is 12.4. The van der Waals surface area contributed by atoms with Crippen LogP contribution < -0.4 is 5.32 Å². The van der Waals surface area contributed by atoms with Crippen molar-refractivity contribution in [3.05, 3.63) is 53.2 Å². The van der Waals surface area contributed by atoms with Crippen molar-refractivity contribution >= 4 is 5.91 Å². The van der Waals surface area contributed by atoms with Crippen LogP contribution in [0.5, 0.6) is 0 Å². The highest BCUT2D eigenvalue weighted by Gasteiger charge is 2.25. The van der Waals surface area contributed by atoms with Gasteiger partial charge in [-0.3, -0.25) is 9.69 Å². The highest BCUT2D eigenvalue weighted by atomic mass is 16.3. The lowest BCUT2D eigenvalue weighted by molar-refractivity contribution is 0.0933. The molecule has 24 heavy (non-hydrogen) atoms. The Kier molecular flexibility index (Phi) is 4.08. The summed E-state index contributed by atoms with van der Waals surface area (Å²) in [7, 11) is 0. The Bertz CT molecular complexity index is 718. The molecule has 1 amide bonds. The largest absolute Gasteiger partial charge is 0.447 e. The molecule has 1 aromatic carbocycles. The molecule has 4 rings (SSSR count). The number of aliphatic hydroxyl groups excluding tert-OH is 1. The van der Waals surface area contributed by atoms with Gasteiger partial charge in [0.05, 0.1) is 12.6 Å². The molecule has 126 valence electrons. The van der Waals surface area contributed by atoms with Crippen LogP contribution in [-0.2, 0) is 19.4 Å². The van der Waals surface area contributed by atoms with Crippen molar-refractivity contribution in [1.29, 1.82) is 0 Å². The maximum Gasteiger partial charge on any atom is 0.273 e. The lowest BCUT2D eigenvalue weighted by Crippen LogP contribution is -2.35. The number of nitrogens with zero attached hydrogens (tertiary/aromatic N) is 2. The van der Waals surface area contributed by atoms with E-state index in [2.05, 4.69) is 27.3 Å². The number of β-amino-alcohol motifs (C(OH)–C–C–N with tert-alkyl or cyclic N) is 1. The van der Waals surface area contributed by atoms with E-state index in [1.165, 1.54) is 17.4 Å². The first-order chi connectivity index (χ1) is 11.7. The Labute approximate surface area is 140 Å². The first kappa shape index (κ1) is 15.4. The molecule has 1 aromatic heterocycles.